The molecule has 0 aliphatic heterocycles. The molecule has 0 saturated carbocycles. The zero-order valence-electron chi connectivity index (χ0n) is 20.9. The fourth-order valence-electron chi connectivity index (χ4n) is 4.60. The molecule has 4 rings (SSSR count). The quantitative estimate of drug-likeness (QED) is 0.290. The zero-order chi connectivity index (χ0) is 24.5. The Hall–Kier alpha value is -3.71. The van der Waals surface area contributed by atoms with Gasteiger partial charge >= 0.3 is 0 Å². The van der Waals surface area contributed by atoms with E-state index in [9.17, 15) is 0 Å². The van der Waals surface area contributed by atoms with Gasteiger partial charge in [0.15, 0.2) is 0 Å². The smallest absolute Gasteiger partial charge is 0.0704 e. The number of aryl methyl sites for hydroxylation is 1. The Labute approximate surface area is 204 Å². The van der Waals surface area contributed by atoms with Gasteiger partial charge in [-0.1, -0.05) is 81.6 Å². The highest BCUT2D eigenvalue weighted by Crippen LogP contribution is 2.40. The SMILES string of the molecule is C=Cc1cc(C(C)(C)c2cc(C(=C)c3ccccc3)c(C)c(-c3ccccn3)c2)cc(C)c1C. The molecule has 0 aliphatic rings. The van der Waals surface area contributed by atoms with Crippen molar-refractivity contribution in [1.82, 2.24) is 4.98 Å². The fraction of sp³-hybridized carbons (Fsp3) is 0.182. The molecular formula is C33H33N. The fourth-order valence-corrected chi connectivity index (χ4v) is 4.60. The zero-order valence-corrected chi connectivity index (χ0v) is 20.9. The highest BCUT2D eigenvalue weighted by atomic mass is 14.7. The molecule has 1 nitrogen and oxygen atoms in total. The first-order valence-electron chi connectivity index (χ1n) is 11.8. The number of aromatic nitrogens is 1. The number of benzene rings is 3. The van der Waals surface area contributed by atoms with Gasteiger partial charge in [-0.3, -0.25) is 4.98 Å². The van der Waals surface area contributed by atoms with Crippen molar-refractivity contribution in [2.45, 2.75) is 40.0 Å². The third kappa shape index (κ3) is 4.26. The van der Waals surface area contributed by atoms with Gasteiger partial charge in [0.1, 0.15) is 0 Å². The molecule has 3 aromatic carbocycles. The molecule has 1 aromatic heterocycles. The largest absolute Gasteiger partial charge is 0.256 e. The maximum absolute atomic E-state index is 4.69. The lowest BCUT2D eigenvalue weighted by molar-refractivity contribution is 0.639. The lowest BCUT2D eigenvalue weighted by Gasteiger charge is -2.30. The average Bonchev–Trinajstić information content (AvgIpc) is 2.86. The van der Waals surface area contributed by atoms with Crippen molar-refractivity contribution in [1.29, 1.82) is 0 Å². The molecule has 0 fully saturated rings. The molecule has 0 unspecified atom stereocenters. The molecule has 0 amide bonds. The molecule has 1 heterocycles. The minimum Gasteiger partial charge on any atom is -0.256 e. The van der Waals surface area contributed by atoms with Gasteiger partial charge in [0.25, 0.3) is 0 Å². The van der Waals surface area contributed by atoms with Gasteiger partial charge in [-0.25, -0.2) is 0 Å². The maximum atomic E-state index is 4.69. The first kappa shape index (κ1) is 23.4. The third-order valence-corrected chi connectivity index (χ3v) is 7.17. The summed E-state index contributed by atoms with van der Waals surface area (Å²) in [7, 11) is 0. The Morgan fingerprint density at radius 1 is 0.824 bits per heavy atom. The minimum absolute atomic E-state index is 0.223. The topological polar surface area (TPSA) is 12.9 Å². The van der Waals surface area contributed by atoms with Crippen LogP contribution in [0.15, 0.2) is 92.2 Å². The second kappa shape index (κ2) is 9.27. The Morgan fingerprint density at radius 3 is 2.15 bits per heavy atom. The van der Waals surface area contributed by atoms with Crippen LogP contribution in [0.25, 0.3) is 22.9 Å². The van der Waals surface area contributed by atoms with E-state index < -0.39 is 0 Å². The molecule has 0 saturated heterocycles. The van der Waals surface area contributed by atoms with Crippen LogP contribution in [-0.4, -0.2) is 4.98 Å². The van der Waals surface area contributed by atoms with E-state index in [2.05, 4.69) is 107 Å². The third-order valence-electron chi connectivity index (χ3n) is 7.17. The van der Waals surface area contributed by atoms with Crippen molar-refractivity contribution < 1.29 is 0 Å². The predicted octanol–water partition coefficient (Wildman–Crippen LogP) is 8.70. The van der Waals surface area contributed by atoms with Crippen LogP contribution >= 0.6 is 0 Å². The monoisotopic (exact) mass is 443 g/mol. The summed E-state index contributed by atoms with van der Waals surface area (Å²) in [6.45, 7) is 19.7. The van der Waals surface area contributed by atoms with Gasteiger partial charge in [-0.05, 0) is 95.1 Å². The van der Waals surface area contributed by atoms with Crippen LogP contribution in [0.4, 0.5) is 0 Å². The Kier molecular flexibility index (Phi) is 6.39. The Bertz CT molecular complexity index is 1360. The first-order chi connectivity index (χ1) is 16.2. The van der Waals surface area contributed by atoms with Crippen molar-refractivity contribution in [3.63, 3.8) is 0 Å². The van der Waals surface area contributed by atoms with Crippen LogP contribution in [0.2, 0.25) is 0 Å². The highest BCUT2D eigenvalue weighted by Gasteiger charge is 2.27. The average molecular weight is 444 g/mol. The van der Waals surface area contributed by atoms with Gasteiger partial charge in [0, 0.05) is 17.2 Å². The summed E-state index contributed by atoms with van der Waals surface area (Å²) in [6.07, 6.45) is 3.82. The van der Waals surface area contributed by atoms with E-state index >= 15 is 0 Å². The maximum Gasteiger partial charge on any atom is 0.0704 e. The summed E-state index contributed by atoms with van der Waals surface area (Å²) in [6, 6.07) is 25.7. The first-order valence-corrected chi connectivity index (χ1v) is 11.8. The van der Waals surface area contributed by atoms with Gasteiger partial charge in [0.05, 0.1) is 5.69 Å². The summed E-state index contributed by atoms with van der Waals surface area (Å²) >= 11 is 0. The van der Waals surface area contributed by atoms with E-state index in [0.717, 1.165) is 28.0 Å². The molecule has 0 spiro atoms. The van der Waals surface area contributed by atoms with Crippen LogP contribution in [0.3, 0.4) is 0 Å². The molecule has 1 heteroatoms. The summed E-state index contributed by atoms with van der Waals surface area (Å²) in [5.41, 5.74) is 12.7. The lowest BCUT2D eigenvalue weighted by Crippen LogP contribution is -2.20. The molecule has 0 atom stereocenters. The van der Waals surface area contributed by atoms with Gasteiger partial charge in [-0.2, -0.15) is 0 Å². The molecule has 0 aliphatic carbocycles. The molecule has 170 valence electrons. The lowest BCUT2D eigenvalue weighted by atomic mass is 9.74. The van der Waals surface area contributed by atoms with Gasteiger partial charge in [-0.15, -0.1) is 0 Å². The standard InChI is InChI=1S/C33H33N/c1-8-26-19-28(18-22(2)23(26)3)33(6,7)29-20-30(24(4)27-14-10-9-11-15-27)25(5)31(21-29)32-16-12-13-17-34-32/h8-21H,1,4H2,2-3,5-7H3. The second-order valence-electron chi connectivity index (χ2n) is 9.59. The normalized spacial score (nSPS) is 11.3. The molecule has 0 radical (unpaired) electrons. The van der Waals surface area contributed by atoms with Crippen LogP contribution in [0.5, 0.6) is 0 Å². The predicted molar refractivity (Wildman–Crippen MR) is 147 cm³/mol. The summed E-state index contributed by atoms with van der Waals surface area (Å²) in [5.74, 6) is 0. The Balaban J connectivity index is 1.96. The van der Waals surface area contributed by atoms with Crippen molar-refractivity contribution in [3.8, 4) is 11.3 Å². The molecule has 34 heavy (non-hydrogen) atoms. The van der Waals surface area contributed by atoms with E-state index in [1.807, 2.05) is 30.5 Å². The molecule has 4 aromatic rings. The van der Waals surface area contributed by atoms with E-state index in [1.54, 1.807) is 0 Å². The van der Waals surface area contributed by atoms with Crippen LogP contribution in [-0.2, 0) is 5.41 Å². The van der Waals surface area contributed by atoms with E-state index in [4.69, 9.17) is 0 Å². The molecule has 0 bridgehead atoms. The summed E-state index contributed by atoms with van der Waals surface area (Å²) in [5, 5.41) is 0. The van der Waals surface area contributed by atoms with Crippen LogP contribution in [0, 0.1) is 20.8 Å². The van der Waals surface area contributed by atoms with Crippen LogP contribution in [0.1, 0.15) is 58.4 Å². The van der Waals surface area contributed by atoms with Crippen molar-refractivity contribution >= 4 is 11.6 Å². The van der Waals surface area contributed by atoms with Crippen molar-refractivity contribution in [3.05, 3.63) is 137 Å². The van der Waals surface area contributed by atoms with Crippen molar-refractivity contribution in [2.75, 3.05) is 0 Å². The molecular weight excluding hydrogens is 410 g/mol. The number of hydrogen-bond acceptors (Lipinski definition) is 1. The van der Waals surface area contributed by atoms with E-state index in [-0.39, 0.29) is 5.41 Å². The minimum atomic E-state index is -0.223. The van der Waals surface area contributed by atoms with Gasteiger partial charge < -0.3 is 0 Å². The van der Waals surface area contributed by atoms with Gasteiger partial charge in [0.2, 0.25) is 0 Å². The summed E-state index contributed by atoms with van der Waals surface area (Å²) in [4.78, 5) is 4.69. The number of nitrogens with zero attached hydrogens (tertiary/aromatic N) is 1. The van der Waals surface area contributed by atoms with Crippen LogP contribution < -0.4 is 0 Å². The Morgan fingerprint density at radius 2 is 1.50 bits per heavy atom. The molecule has 0 N–H and O–H groups in total. The second-order valence-corrected chi connectivity index (χ2v) is 9.59. The summed E-state index contributed by atoms with van der Waals surface area (Å²) < 4.78 is 0. The van der Waals surface area contributed by atoms with E-state index in [0.29, 0.717) is 0 Å². The number of hydrogen-bond donors (Lipinski definition) is 0. The van der Waals surface area contributed by atoms with Crippen molar-refractivity contribution in [2.24, 2.45) is 0 Å². The number of pyridine rings is 1. The van der Waals surface area contributed by atoms with E-state index in [1.165, 1.54) is 33.4 Å². The highest BCUT2D eigenvalue weighted by molar-refractivity contribution is 5.84. The number of rotatable bonds is 6.